The van der Waals surface area contributed by atoms with E-state index in [2.05, 4.69) is 0 Å². The molecule has 0 fully saturated rings. The molecule has 0 radical (unpaired) electrons. The lowest BCUT2D eigenvalue weighted by atomic mass is 10.2. The van der Waals surface area contributed by atoms with Gasteiger partial charge in [-0.05, 0) is 17.7 Å². The fourth-order valence-electron chi connectivity index (χ4n) is 0.911. The highest BCUT2D eigenvalue weighted by Crippen LogP contribution is 2.10. The Balaban J connectivity index is 2.58. The molecule has 3 heteroatoms. The summed E-state index contributed by atoms with van der Waals surface area (Å²) >= 11 is 5.74. The first-order valence-electron chi connectivity index (χ1n) is 3.72. The SMILES string of the molecule is CON(C)Cc1ccc(Cl)cc1. The number of halogens is 1. The lowest BCUT2D eigenvalue weighted by Crippen LogP contribution is -2.15. The molecule has 0 heterocycles. The van der Waals surface area contributed by atoms with Gasteiger partial charge < -0.3 is 4.84 Å². The van der Waals surface area contributed by atoms with Crippen molar-refractivity contribution in [3.8, 4) is 0 Å². The van der Waals surface area contributed by atoms with Gasteiger partial charge in [0, 0.05) is 18.6 Å². The molecule has 0 saturated carbocycles. The van der Waals surface area contributed by atoms with Crippen LogP contribution in [0.15, 0.2) is 24.3 Å². The van der Waals surface area contributed by atoms with Crippen molar-refractivity contribution in [2.24, 2.45) is 0 Å². The zero-order valence-electron chi connectivity index (χ0n) is 7.25. The highest BCUT2D eigenvalue weighted by Gasteiger charge is 1.97. The van der Waals surface area contributed by atoms with Crippen molar-refractivity contribution >= 4 is 11.6 Å². The van der Waals surface area contributed by atoms with Crippen molar-refractivity contribution in [2.75, 3.05) is 14.2 Å². The van der Waals surface area contributed by atoms with Gasteiger partial charge in [-0.3, -0.25) is 0 Å². The van der Waals surface area contributed by atoms with Crippen LogP contribution < -0.4 is 0 Å². The summed E-state index contributed by atoms with van der Waals surface area (Å²) in [6, 6.07) is 7.72. The third-order valence-corrected chi connectivity index (χ3v) is 1.88. The van der Waals surface area contributed by atoms with E-state index in [1.165, 1.54) is 5.56 Å². The van der Waals surface area contributed by atoms with Gasteiger partial charge in [-0.1, -0.05) is 23.7 Å². The average molecular weight is 186 g/mol. The number of benzene rings is 1. The van der Waals surface area contributed by atoms with E-state index in [0.29, 0.717) is 0 Å². The molecule has 0 aliphatic rings. The third-order valence-electron chi connectivity index (χ3n) is 1.63. The maximum atomic E-state index is 5.74. The van der Waals surface area contributed by atoms with Gasteiger partial charge in [0.1, 0.15) is 0 Å². The Morgan fingerprint density at radius 1 is 1.33 bits per heavy atom. The molecular weight excluding hydrogens is 174 g/mol. The fraction of sp³-hybridized carbons (Fsp3) is 0.333. The summed E-state index contributed by atoms with van der Waals surface area (Å²) in [5.41, 5.74) is 1.18. The van der Waals surface area contributed by atoms with Crippen LogP contribution in [-0.4, -0.2) is 19.2 Å². The second kappa shape index (κ2) is 4.45. The quantitative estimate of drug-likeness (QED) is 0.671. The lowest BCUT2D eigenvalue weighted by Gasteiger charge is -2.12. The van der Waals surface area contributed by atoms with Gasteiger partial charge >= 0.3 is 0 Å². The second-order valence-corrected chi connectivity index (χ2v) is 3.03. The van der Waals surface area contributed by atoms with E-state index < -0.39 is 0 Å². The molecule has 0 spiro atoms. The summed E-state index contributed by atoms with van der Waals surface area (Å²) in [5, 5.41) is 2.52. The van der Waals surface area contributed by atoms with Gasteiger partial charge in [-0.2, -0.15) is 5.06 Å². The first-order valence-corrected chi connectivity index (χ1v) is 4.10. The molecule has 0 aliphatic carbocycles. The molecule has 1 aromatic carbocycles. The number of hydroxylamine groups is 2. The number of hydrogen-bond donors (Lipinski definition) is 0. The molecule has 2 nitrogen and oxygen atoms in total. The van der Waals surface area contributed by atoms with Gasteiger partial charge in [0.2, 0.25) is 0 Å². The van der Waals surface area contributed by atoms with E-state index >= 15 is 0 Å². The molecule has 0 aromatic heterocycles. The Labute approximate surface area is 77.7 Å². The van der Waals surface area contributed by atoms with E-state index in [4.69, 9.17) is 16.4 Å². The van der Waals surface area contributed by atoms with Crippen LogP contribution in [0.4, 0.5) is 0 Å². The summed E-state index contributed by atoms with van der Waals surface area (Å²) < 4.78 is 0. The topological polar surface area (TPSA) is 12.5 Å². The minimum atomic E-state index is 0.763. The van der Waals surface area contributed by atoms with Crippen molar-refractivity contribution in [1.82, 2.24) is 5.06 Å². The first kappa shape index (κ1) is 9.52. The number of rotatable bonds is 3. The lowest BCUT2D eigenvalue weighted by molar-refractivity contribution is -0.116. The van der Waals surface area contributed by atoms with Crippen molar-refractivity contribution < 1.29 is 4.84 Å². The zero-order chi connectivity index (χ0) is 8.97. The van der Waals surface area contributed by atoms with Crippen LogP contribution in [0, 0.1) is 0 Å². The summed E-state index contributed by atoms with van der Waals surface area (Å²) in [4.78, 5) is 4.98. The third kappa shape index (κ3) is 2.81. The molecule has 66 valence electrons. The number of hydrogen-bond acceptors (Lipinski definition) is 2. The molecule has 0 amide bonds. The molecular formula is C9H12ClNO. The number of nitrogens with zero attached hydrogens (tertiary/aromatic N) is 1. The second-order valence-electron chi connectivity index (χ2n) is 2.60. The highest BCUT2D eigenvalue weighted by molar-refractivity contribution is 6.30. The van der Waals surface area contributed by atoms with Crippen LogP contribution in [0.25, 0.3) is 0 Å². The van der Waals surface area contributed by atoms with Gasteiger partial charge in [-0.25, -0.2) is 0 Å². The minimum Gasteiger partial charge on any atom is -0.302 e. The Morgan fingerprint density at radius 3 is 2.42 bits per heavy atom. The summed E-state index contributed by atoms with van der Waals surface area (Å²) in [5.74, 6) is 0. The Morgan fingerprint density at radius 2 is 1.92 bits per heavy atom. The summed E-state index contributed by atoms with van der Waals surface area (Å²) in [6.07, 6.45) is 0. The van der Waals surface area contributed by atoms with Crippen LogP contribution in [0.5, 0.6) is 0 Å². The van der Waals surface area contributed by atoms with E-state index in [0.717, 1.165) is 11.6 Å². The fourth-order valence-corrected chi connectivity index (χ4v) is 1.04. The Hall–Kier alpha value is -0.570. The van der Waals surface area contributed by atoms with Gasteiger partial charge in [0.15, 0.2) is 0 Å². The predicted molar refractivity (Wildman–Crippen MR) is 49.9 cm³/mol. The molecule has 0 unspecified atom stereocenters. The van der Waals surface area contributed by atoms with Crippen molar-refractivity contribution in [2.45, 2.75) is 6.54 Å². The smallest absolute Gasteiger partial charge is 0.0575 e. The van der Waals surface area contributed by atoms with Crippen molar-refractivity contribution in [3.05, 3.63) is 34.9 Å². The van der Waals surface area contributed by atoms with Gasteiger partial charge in [0.05, 0.1) is 7.11 Å². The van der Waals surface area contributed by atoms with Crippen LogP contribution in [-0.2, 0) is 11.4 Å². The Bertz CT molecular complexity index is 235. The van der Waals surface area contributed by atoms with Crippen LogP contribution in [0.3, 0.4) is 0 Å². The normalized spacial score (nSPS) is 10.7. The van der Waals surface area contributed by atoms with Crippen molar-refractivity contribution in [3.63, 3.8) is 0 Å². The van der Waals surface area contributed by atoms with E-state index in [9.17, 15) is 0 Å². The maximum absolute atomic E-state index is 5.74. The van der Waals surface area contributed by atoms with Crippen LogP contribution in [0.1, 0.15) is 5.56 Å². The van der Waals surface area contributed by atoms with Gasteiger partial charge in [0.25, 0.3) is 0 Å². The van der Waals surface area contributed by atoms with Crippen LogP contribution >= 0.6 is 11.6 Å². The average Bonchev–Trinajstić information content (AvgIpc) is 2.09. The monoisotopic (exact) mass is 185 g/mol. The maximum Gasteiger partial charge on any atom is 0.0575 e. The Kier molecular flexibility index (Phi) is 3.53. The molecule has 0 aliphatic heterocycles. The molecule has 0 bridgehead atoms. The van der Waals surface area contributed by atoms with E-state index in [1.54, 1.807) is 12.2 Å². The molecule has 0 saturated heterocycles. The van der Waals surface area contributed by atoms with E-state index in [1.807, 2.05) is 31.3 Å². The predicted octanol–water partition coefficient (Wildman–Crippen LogP) is 2.33. The largest absolute Gasteiger partial charge is 0.302 e. The molecule has 0 atom stereocenters. The summed E-state index contributed by atoms with van der Waals surface area (Å²) in [6.45, 7) is 0.771. The first-order chi connectivity index (χ1) is 5.72. The zero-order valence-corrected chi connectivity index (χ0v) is 8.01. The standard InChI is InChI=1S/C9H12ClNO/c1-11(12-2)7-8-3-5-9(10)6-4-8/h3-6H,7H2,1-2H3. The van der Waals surface area contributed by atoms with Crippen LogP contribution in [0.2, 0.25) is 5.02 Å². The molecule has 12 heavy (non-hydrogen) atoms. The highest BCUT2D eigenvalue weighted by atomic mass is 35.5. The molecule has 0 N–H and O–H groups in total. The molecule has 1 rings (SSSR count). The van der Waals surface area contributed by atoms with Gasteiger partial charge in [-0.15, -0.1) is 0 Å². The minimum absolute atomic E-state index is 0.763. The van der Waals surface area contributed by atoms with E-state index in [-0.39, 0.29) is 0 Å². The van der Waals surface area contributed by atoms with Crippen molar-refractivity contribution in [1.29, 1.82) is 0 Å². The molecule has 1 aromatic rings. The summed E-state index contributed by atoms with van der Waals surface area (Å²) in [7, 11) is 3.53.